The van der Waals surface area contributed by atoms with Crippen molar-refractivity contribution in [2.24, 2.45) is 11.1 Å². The number of nitrogens with two attached hydrogens (primary N) is 1. The van der Waals surface area contributed by atoms with Gasteiger partial charge in [0.2, 0.25) is 11.8 Å². The molecule has 0 bridgehead atoms. The van der Waals surface area contributed by atoms with Gasteiger partial charge in [-0.3, -0.25) is 14.6 Å². The van der Waals surface area contributed by atoms with Crippen LogP contribution in [0.1, 0.15) is 44.2 Å². The van der Waals surface area contributed by atoms with Crippen molar-refractivity contribution in [3.8, 4) is 16.2 Å². The minimum absolute atomic E-state index is 0.364. The van der Waals surface area contributed by atoms with Crippen LogP contribution in [-0.4, -0.2) is 39.0 Å². The van der Waals surface area contributed by atoms with Crippen LogP contribution in [0.25, 0.3) is 10.4 Å². The molecule has 4 N–H and O–H groups in total. The molecule has 3 aromatic rings. The lowest BCUT2D eigenvalue weighted by molar-refractivity contribution is -0.137. The maximum atomic E-state index is 12.3. The Kier molecular flexibility index (Phi) is 8.95. The first kappa shape index (κ1) is 26.3. The highest BCUT2D eigenvalue weighted by Crippen LogP contribution is 2.30. The number of carbonyl (C=O) groups is 2. The van der Waals surface area contributed by atoms with Crippen LogP contribution in [-0.2, 0) is 22.6 Å². The average molecular weight is 497 g/mol. The van der Waals surface area contributed by atoms with Crippen molar-refractivity contribution in [3.05, 3.63) is 65.6 Å². The van der Waals surface area contributed by atoms with E-state index >= 15 is 0 Å². The van der Waals surface area contributed by atoms with E-state index in [1.54, 1.807) is 44.5 Å². The second-order valence-electron chi connectivity index (χ2n) is 9.37. The zero-order valence-corrected chi connectivity index (χ0v) is 21.0. The number of aromatic nitrogens is 2. The van der Waals surface area contributed by atoms with Gasteiger partial charge >= 0.3 is 0 Å². The number of carbonyl (C=O) groups excluding carboxylic acids is 2. The topological polar surface area (TPSA) is 127 Å². The first-order valence-corrected chi connectivity index (χ1v) is 12.3. The zero-order valence-electron chi connectivity index (χ0n) is 20.2. The maximum Gasteiger partial charge on any atom is 0.250 e. The van der Waals surface area contributed by atoms with E-state index in [9.17, 15) is 14.7 Å². The van der Waals surface area contributed by atoms with E-state index in [1.807, 2.05) is 42.6 Å². The smallest absolute Gasteiger partial charge is 0.250 e. The van der Waals surface area contributed by atoms with Gasteiger partial charge in [-0.25, -0.2) is 4.98 Å². The summed E-state index contributed by atoms with van der Waals surface area (Å²) < 4.78 is 5.89. The van der Waals surface area contributed by atoms with E-state index in [1.165, 1.54) is 0 Å². The maximum absolute atomic E-state index is 12.3. The Morgan fingerprint density at radius 3 is 2.57 bits per heavy atom. The number of amides is 2. The molecule has 35 heavy (non-hydrogen) atoms. The number of ether oxygens (including phenoxy) is 1. The average Bonchev–Trinajstić information content (AvgIpc) is 3.30. The summed E-state index contributed by atoms with van der Waals surface area (Å²) in [5.74, 6) is -0.461. The summed E-state index contributed by atoms with van der Waals surface area (Å²) in [6.45, 7) is 5.67. The summed E-state index contributed by atoms with van der Waals surface area (Å²) in [5, 5.41) is 13.6. The second-order valence-corrected chi connectivity index (χ2v) is 10.5. The molecule has 2 atom stereocenters. The number of rotatable bonds is 11. The Morgan fingerprint density at radius 2 is 1.89 bits per heavy atom. The van der Waals surface area contributed by atoms with Crippen molar-refractivity contribution < 1.29 is 19.4 Å². The molecule has 3 rings (SSSR count). The molecule has 0 aliphatic carbocycles. The first-order valence-electron chi connectivity index (χ1n) is 11.5. The van der Waals surface area contributed by atoms with Gasteiger partial charge in [0.25, 0.3) is 0 Å². The van der Waals surface area contributed by atoms with Gasteiger partial charge in [-0.05, 0) is 47.9 Å². The number of hydrogen-bond donors (Lipinski definition) is 3. The molecule has 2 heterocycles. The quantitative estimate of drug-likeness (QED) is 0.373. The lowest BCUT2D eigenvalue weighted by Crippen LogP contribution is -2.51. The molecule has 9 heteroatoms. The highest BCUT2D eigenvalue weighted by Gasteiger charge is 2.31. The normalized spacial score (nSPS) is 13.1. The minimum Gasteiger partial charge on any atom is -0.489 e. The Morgan fingerprint density at radius 1 is 1.17 bits per heavy atom. The Labute approximate surface area is 209 Å². The summed E-state index contributed by atoms with van der Waals surface area (Å²) in [6.07, 6.45) is 5.62. The minimum atomic E-state index is -1.23. The standard InChI is InChI=1S/C26H32N4O4S/c1-26(2,3)23(31)25(33)30-20(24(27)32)9-6-10-22-29-15-21(35-22)19-8-5-4-7-17(19)16-34-18-11-13-28-14-12-18/h4-5,7-8,11-15,20,23,31H,6,9-10,16H2,1-3H3,(H2,27,32)(H,30,33)/t20-,23+/m0/s1. The lowest BCUT2D eigenvalue weighted by atomic mass is 9.88. The third-order valence-corrected chi connectivity index (χ3v) is 6.58. The number of nitrogens with one attached hydrogen (secondary N) is 1. The highest BCUT2D eigenvalue weighted by molar-refractivity contribution is 7.15. The van der Waals surface area contributed by atoms with Crippen LogP contribution in [0.4, 0.5) is 0 Å². The van der Waals surface area contributed by atoms with Crippen LogP contribution in [0.3, 0.4) is 0 Å². The van der Waals surface area contributed by atoms with E-state index in [0.29, 0.717) is 25.9 Å². The van der Waals surface area contributed by atoms with Crippen molar-refractivity contribution in [1.29, 1.82) is 0 Å². The molecule has 1 aromatic carbocycles. The van der Waals surface area contributed by atoms with Gasteiger partial charge < -0.3 is 20.9 Å². The number of primary amides is 1. The third kappa shape index (κ3) is 7.60. The highest BCUT2D eigenvalue weighted by atomic mass is 32.1. The predicted molar refractivity (Wildman–Crippen MR) is 136 cm³/mol. The van der Waals surface area contributed by atoms with Crippen LogP contribution < -0.4 is 15.8 Å². The largest absolute Gasteiger partial charge is 0.489 e. The van der Waals surface area contributed by atoms with Crippen LogP contribution in [0.15, 0.2) is 55.0 Å². The van der Waals surface area contributed by atoms with E-state index in [2.05, 4.69) is 15.3 Å². The van der Waals surface area contributed by atoms with Crippen LogP contribution in [0, 0.1) is 5.41 Å². The van der Waals surface area contributed by atoms with E-state index in [0.717, 1.165) is 26.8 Å². The lowest BCUT2D eigenvalue weighted by Gasteiger charge is -2.26. The third-order valence-electron chi connectivity index (χ3n) is 5.49. The molecule has 0 unspecified atom stereocenters. The van der Waals surface area contributed by atoms with Gasteiger partial charge in [0.1, 0.15) is 24.5 Å². The number of hydrogen-bond acceptors (Lipinski definition) is 7. The molecule has 0 saturated heterocycles. The fraction of sp³-hybridized carbons (Fsp3) is 0.385. The molecule has 0 spiro atoms. The molecule has 0 radical (unpaired) electrons. The summed E-state index contributed by atoms with van der Waals surface area (Å²) in [6, 6.07) is 10.8. The molecule has 0 aliphatic heterocycles. The Bertz CT molecular complexity index is 1130. The van der Waals surface area contributed by atoms with Gasteiger partial charge in [0, 0.05) is 18.6 Å². The summed E-state index contributed by atoms with van der Waals surface area (Å²) in [4.78, 5) is 33.7. The monoisotopic (exact) mass is 496 g/mol. The molecular formula is C26H32N4O4S. The molecule has 186 valence electrons. The molecule has 8 nitrogen and oxygen atoms in total. The van der Waals surface area contributed by atoms with E-state index < -0.39 is 29.4 Å². The van der Waals surface area contributed by atoms with E-state index in [4.69, 9.17) is 10.5 Å². The van der Waals surface area contributed by atoms with Crippen molar-refractivity contribution >= 4 is 23.2 Å². The van der Waals surface area contributed by atoms with Crippen LogP contribution in [0.2, 0.25) is 0 Å². The zero-order chi connectivity index (χ0) is 25.4. The number of benzene rings is 1. The number of aryl methyl sites for hydroxylation is 1. The first-order chi connectivity index (χ1) is 16.6. The number of nitrogens with zero attached hydrogens (tertiary/aromatic N) is 2. The number of pyridine rings is 1. The fourth-order valence-electron chi connectivity index (χ4n) is 3.42. The van der Waals surface area contributed by atoms with Gasteiger partial charge in [0.05, 0.1) is 9.88 Å². The van der Waals surface area contributed by atoms with Crippen LogP contribution >= 0.6 is 11.3 Å². The summed E-state index contributed by atoms with van der Waals surface area (Å²) in [7, 11) is 0. The Balaban J connectivity index is 1.58. The SMILES string of the molecule is CC(C)(C)[C@H](O)C(=O)N[C@@H](CCCc1ncc(-c2ccccc2COc2ccncc2)s1)C(N)=O. The van der Waals surface area contributed by atoms with Gasteiger partial charge in [0.15, 0.2) is 0 Å². The fourth-order valence-corrected chi connectivity index (χ4v) is 4.44. The molecule has 2 amide bonds. The van der Waals surface area contributed by atoms with Crippen molar-refractivity contribution in [1.82, 2.24) is 15.3 Å². The predicted octanol–water partition coefficient (Wildman–Crippen LogP) is 3.48. The summed E-state index contributed by atoms with van der Waals surface area (Å²) in [5.41, 5.74) is 6.95. The molecule has 0 saturated carbocycles. The van der Waals surface area contributed by atoms with E-state index in [-0.39, 0.29) is 0 Å². The van der Waals surface area contributed by atoms with Crippen molar-refractivity contribution in [2.75, 3.05) is 0 Å². The second kappa shape index (κ2) is 11.9. The number of aliphatic hydroxyl groups is 1. The van der Waals surface area contributed by atoms with Gasteiger partial charge in [-0.15, -0.1) is 11.3 Å². The molecule has 0 fully saturated rings. The van der Waals surface area contributed by atoms with Crippen LogP contribution in [0.5, 0.6) is 5.75 Å². The van der Waals surface area contributed by atoms with Crippen molar-refractivity contribution in [3.63, 3.8) is 0 Å². The van der Waals surface area contributed by atoms with Gasteiger partial charge in [-0.1, -0.05) is 45.0 Å². The molecular weight excluding hydrogens is 464 g/mol. The molecule has 0 aliphatic rings. The summed E-state index contributed by atoms with van der Waals surface area (Å²) >= 11 is 1.58. The Hall–Kier alpha value is -3.30. The number of aliphatic hydroxyl groups excluding tert-OH is 1. The van der Waals surface area contributed by atoms with Gasteiger partial charge in [-0.2, -0.15) is 0 Å². The van der Waals surface area contributed by atoms with Crippen molar-refractivity contribution in [2.45, 2.75) is 58.8 Å². The number of thiazole rings is 1. The molecule has 2 aromatic heterocycles.